The number of nitrogen functional groups attached to an aromatic ring is 1. The van der Waals surface area contributed by atoms with Gasteiger partial charge in [0, 0.05) is 30.4 Å². The van der Waals surface area contributed by atoms with Gasteiger partial charge in [-0.25, -0.2) is 0 Å². The molecule has 1 aliphatic heterocycles. The third-order valence-electron chi connectivity index (χ3n) is 6.89. The number of nitrogens with two attached hydrogens (primary N) is 2. The molecular formula is C33H37N3O2. The third kappa shape index (κ3) is 7.39. The molecule has 0 atom stereocenters. The van der Waals surface area contributed by atoms with Crippen LogP contribution in [0.5, 0.6) is 5.75 Å². The Morgan fingerprint density at radius 3 is 2.18 bits per heavy atom. The molecule has 0 saturated carbocycles. The Bertz CT molecular complexity index is 1350. The number of aromatic hydroxyl groups is 1. The van der Waals surface area contributed by atoms with Gasteiger partial charge in [-0.3, -0.25) is 4.79 Å². The maximum absolute atomic E-state index is 10.6. The van der Waals surface area contributed by atoms with E-state index in [0.717, 1.165) is 30.5 Å². The van der Waals surface area contributed by atoms with Gasteiger partial charge in [-0.1, -0.05) is 72.8 Å². The summed E-state index contributed by atoms with van der Waals surface area (Å²) in [6.07, 6.45) is 5.22. The molecule has 0 bridgehead atoms. The summed E-state index contributed by atoms with van der Waals surface area (Å²) in [6, 6.07) is 29.5. The highest BCUT2D eigenvalue weighted by Gasteiger charge is 2.15. The molecule has 0 spiro atoms. The molecular weight excluding hydrogens is 470 g/mol. The van der Waals surface area contributed by atoms with Gasteiger partial charge in [-0.15, -0.1) is 0 Å². The standard InChI is InChI=1S/C23H23N.C10H14N2O2/c1-3-8-18(9-4-1)14-20-16-21-12-7-13-24-23(21)22(17-20)15-19-10-5-2-6-11-19;1-6-4-7(13)5-9(11)8(6)2-3-10(12)14/h1-6,8-11,16-17,24H,7,12-15H2;4-5,13H,2-3,11H2,1H3,(H2,12,14). The number of phenols is 1. The number of aryl methyl sites for hydroxylation is 2. The maximum atomic E-state index is 10.6. The van der Waals surface area contributed by atoms with Gasteiger partial charge in [0.2, 0.25) is 5.91 Å². The molecule has 4 aromatic rings. The first-order valence-corrected chi connectivity index (χ1v) is 13.2. The van der Waals surface area contributed by atoms with E-state index in [-0.39, 0.29) is 18.1 Å². The highest BCUT2D eigenvalue weighted by atomic mass is 16.3. The number of nitrogens with one attached hydrogen (secondary N) is 1. The average molecular weight is 508 g/mol. The molecule has 0 aliphatic carbocycles. The van der Waals surface area contributed by atoms with E-state index >= 15 is 0 Å². The molecule has 0 saturated heterocycles. The first-order valence-electron chi connectivity index (χ1n) is 13.2. The minimum Gasteiger partial charge on any atom is -0.508 e. The first-order chi connectivity index (χ1) is 18.4. The van der Waals surface area contributed by atoms with Gasteiger partial charge in [-0.05, 0) is 84.0 Å². The summed E-state index contributed by atoms with van der Waals surface area (Å²) in [7, 11) is 0. The van der Waals surface area contributed by atoms with Gasteiger partial charge >= 0.3 is 0 Å². The zero-order valence-corrected chi connectivity index (χ0v) is 22.0. The van der Waals surface area contributed by atoms with E-state index in [1.54, 1.807) is 6.07 Å². The predicted octanol–water partition coefficient (Wildman–Crippen LogP) is 5.93. The normalized spacial score (nSPS) is 12.0. The van der Waals surface area contributed by atoms with Crippen LogP contribution in [-0.2, 0) is 30.5 Å². The monoisotopic (exact) mass is 507 g/mol. The Balaban J connectivity index is 0.000000206. The summed E-state index contributed by atoms with van der Waals surface area (Å²) in [4.78, 5) is 10.6. The van der Waals surface area contributed by atoms with Gasteiger partial charge in [0.15, 0.2) is 0 Å². The highest BCUT2D eigenvalue weighted by molar-refractivity contribution is 5.74. The van der Waals surface area contributed by atoms with Crippen LogP contribution in [0, 0.1) is 6.92 Å². The Kier molecular flexibility index (Phi) is 9.04. The van der Waals surface area contributed by atoms with E-state index in [1.165, 1.54) is 52.4 Å². The SMILES string of the molecule is Cc1cc(O)cc(N)c1CCC(N)=O.c1ccc(Cc2cc3c(c(Cc4ccccc4)c2)NCCC3)cc1. The molecule has 0 radical (unpaired) electrons. The number of carbonyl (C=O) groups excluding carboxylic acids is 1. The summed E-state index contributed by atoms with van der Waals surface area (Å²) in [5.74, 6) is -0.209. The van der Waals surface area contributed by atoms with E-state index in [4.69, 9.17) is 11.5 Å². The molecule has 1 heterocycles. The number of anilines is 2. The predicted molar refractivity (Wildman–Crippen MR) is 157 cm³/mol. The van der Waals surface area contributed by atoms with Crippen LogP contribution in [-0.4, -0.2) is 17.6 Å². The minimum absolute atomic E-state index is 0.142. The number of hydrogen-bond donors (Lipinski definition) is 4. The Hall–Kier alpha value is -4.25. The molecule has 1 amide bonds. The fourth-order valence-electron chi connectivity index (χ4n) is 5.06. The first kappa shape index (κ1) is 26.8. The minimum atomic E-state index is -0.350. The lowest BCUT2D eigenvalue weighted by Gasteiger charge is -2.23. The van der Waals surface area contributed by atoms with Crippen molar-refractivity contribution in [3.8, 4) is 5.75 Å². The van der Waals surface area contributed by atoms with Crippen molar-refractivity contribution in [2.24, 2.45) is 5.73 Å². The summed E-state index contributed by atoms with van der Waals surface area (Å²) in [5.41, 5.74) is 21.5. The van der Waals surface area contributed by atoms with Crippen LogP contribution in [0.4, 0.5) is 11.4 Å². The Morgan fingerprint density at radius 1 is 0.895 bits per heavy atom. The molecule has 5 heteroatoms. The van der Waals surface area contributed by atoms with Crippen molar-refractivity contribution in [3.05, 3.63) is 124 Å². The largest absolute Gasteiger partial charge is 0.508 e. The van der Waals surface area contributed by atoms with Crippen molar-refractivity contribution in [2.75, 3.05) is 17.6 Å². The second kappa shape index (κ2) is 12.8. The summed E-state index contributed by atoms with van der Waals surface area (Å²) in [5, 5.41) is 12.9. The van der Waals surface area contributed by atoms with Crippen molar-refractivity contribution in [3.63, 3.8) is 0 Å². The average Bonchev–Trinajstić information content (AvgIpc) is 2.89. The number of phenolic OH excluding ortho intramolecular Hbond substituents is 1. The van der Waals surface area contributed by atoms with Crippen molar-refractivity contribution in [1.82, 2.24) is 0 Å². The number of amides is 1. The van der Waals surface area contributed by atoms with Crippen molar-refractivity contribution in [2.45, 2.75) is 45.4 Å². The molecule has 0 aromatic heterocycles. The number of hydrogen-bond acceptors (Lipinski definition) is 4. The smallest absolute Gasteiger partial charge is 0.217 e. The lowest BCUT2D eigenvalue weighted by atomic mass is 9.91. The number of rotatable bonds is 7. The van der Waals surface area contributed by atoms with Gasteiger partial charge in [0.05, 0.1) is 0 Å². The van der Waals surface area contributed by atoms with Crippen LogP contribution in [0.2, 0.25) is 0 Å². The third-order valence-corrected chi connectivity index (χ3v) is 6.89. The van der Waals surface area contributed by atoms with E-state index in [1.807, 2.05) is 6.92 Å². The summed E-state index contributed by atoms with van der Waals surface area (Å²) >= 11 is 0. The zero-order chi connectivity index (χ0) is 26.9. The van der Waals surface area contributed by atoms with Gasteiger partial charge < -0.3 is 21.9 Å². The maximum Gasteiger partial charge on any atom is 0.217 e. The fraction of sp³-hybridized carbons (Fsp3) is 0.242. The Morgan fingerprint density at radius 2 is 1.55 bits per heavy atom. The second-order valence-corrected chi connectivity index (χ2v) is 9.94. The van der Waals surface area contributed by atoms with Crippen LogP contribution < -0.4 is 16.8 Å². The number of benzene rings is 4. The van der Waals surface area contributed by atoms with Crippen molar-refractivity contribution in [1.29, 1.82) is 0 Å². The van der Waals surface area contributed by atoms with Crippen LogP contribution >= 0.6 is 0 Å². The van der Waals surface area contributed by atoms with Gasteiger partial charge in [-0.2, -0.15) is 0 Å². The van der Waals surface area contributed by atoms with Crippen molar-refractivity contribution < 1.29 is 9.90 Å². The van der Waals surface area contributed by atoms with Gasteiger partial charge in [0.1, 0.15) is 5.75 Å². The van der Waals surface area contributed by atoms with Gasteiger partial charge in [0.25, 0.3) is 0 Å². The molecule has 38 heavy (non-hydrogen) atoms. The zero-order valence-electron chi connectivity index (χ0n) is 22.0. The van der Waals surface area contributed by atoms with E-state index in [2.05, 4.69) is 78.1 Å². The number of carbonyl (C=O) groups is 1. The molecule has 4 aromatic carbocycles. The molecule has 5 nitrogen and oxygen atoms in total. The highest BCUT2D eigenvalue weighted by Crippen LogP contribution is 2.30. The lowest BCUT2D eigenvalue weighted by Crippen LogP contribution is -2.14. The molecule has 6 N–H and O–H groups in total. The molecule has 1 aliphatic rings. The van der Waals surface area contributed by atoms with Crippen molar-refractivity contribution >= 4 is 17.3 Å². The van der Waals surface area contributed by atoms with Crippen LogP contribution in [0.3, 0.4) is 0 Å². The number of fused-ring (bicyclic) bond motifs is 1. The van der Waals surface area contributed by atoms with E-state index in [9.17, 15) is 9.90 Å². The lowest BCUT2D eigenvalue weighted by molar-refractivity contribution is -0.117. The molecule has 0 unspecified atom stereocenters. The Labute approximate surface area is 225 Å². The van der Waals surface area contributed by atoms with E-state index in [0.29, 0.717) is 12.1 Å². The number of primary amides is 1. The summed E-state index contributed by atoms with van der Waals surface area (Å²) in [6.45, 7) is 2.93. The molecule has 0 fully saturated rings. The van der Waals surface area contributed by atoms with Crippen LogP contribution in [0.15, 0.2) is 84.9 Å². The summed E-state index contributed by atoms with van der Waals surface area (Å²) < 4.78 is 0. The fourth-order valence-corrected chi connectivity index (χ4v) is 5.06. The molecule has 196 valence electrons. The quantitative estimate of drug-likeness (QED) is 0.233. The second-order valence-electron chi connectivity index (χ2n) is 9.94. The van der Waals surface area contributed by atoms with Crippen LogP contribution in [0.1, 0.15) is 51.8 Å². The van der Waals surface area contributed by atoms with E-state index < -0.39 is 0 Å². The van der Waals surface area contributed by atoms with Crippen LogP contribution in [0.25, 0.3) is 0 Å². The topological polar surface area (TPSA) is 101 Å². The molecule has 5 rings (SSSR count).